The Morgan fingerprint density at radius 1 is 1.04 bits per heavy atom. The molecule has 1 saturated carbocycles. The van der Waals surface area contributed by atoms with Gasteiger partial charge in [-0.2, -0.15) is 0 Å². The normalized spacial score (nSPS) is 27.0. The number of aryl methyl sites for hydroxylation is 1. The largest absolute Gasteiger partial charge is 0.352 e. The third kappa shape index (κ3) is 4.84. The Morgan fingerprint density at radius 2 is 1.64 bits per heavy atom. The van der Waals surface area contributed by atoms with E-state index >= 15 is 0 Å². The minimum Gasteiger partial charge on any atom is -0.352 e. The second-order valence-electron chi connectivity index (χ2n) is 8.56. The van der Waals surface area contributed by atoms with Gasteiger partial charge in [0.2, 0.25) is 5.91 Å². The predicted molar refractivity (Wildman–Crippen MR) is 103 cm³/mol. The second kappa shape index (κ2) is 8.35. The number of nitrogens with one attached hydrogen (secondary N) is 1. The van der Waals surface area contributed by atoms with Gasteiger partial charge in [0, 0.05) is 19.1 Å². The molecule has 3 atom stereocenters. The molecule has 0 unspecified atom stereocenters. The average Bonchev–Trinajstić information content (AvgIpc) is 2.57. The van der Waals surface area contributed by atoms with Crippen LogP contribution in [0, 0.1) is 18.8 Å². The smallest absolute Gasteiger partial charge is 0.242 e. The summed E-state index contributed by atoms with van der Waals surface area (Å²) < 4.78 is 0. The van der Waals surface area contributed by atoms with Crippen molar-refractivity contribution in [1.29, 1.82) is 0 Å². The van der Waals surface area contributed by atoms with E-state index in [0.29, 0.717) is 17.9 Å². The van der Waals surface area contributed by atoms with Crippen molar-refractivity contribution in [2.75, 3.05) is 13.1 Å². The van der Waals surface area contributed by atoms with E-state index in [2.05, 4.69) is 55.3 Å². The summed E-state index contributed by atoms with van der Waals surface area (Å²) in [6, 6.07) is 8.77. The number of benzene rings is 1. The van der Waals surface area contributed by atoms with Gasteiger partial charge < -0.3 is 5.32 Å². The highest BCUT2D eigenvalue weighted by molar-refractivity contribution is 5.83. The van der Waals surface area contributed by atoms with Crippen LogP contribution in [0.1, 0.15) is 69.5 Å². The lowest BCUT2D eigenvalue weighted by molar-refractivity contribution is -0.128. The van der Waals surface area contributed by atoms with E-state index in [1.165, 1.54) is 31.2 Å². The number of piperidine rings is 1. The maximum absolute atomic E-state index is 13.3. The topological polar surface area (TPSA) is 32.3 Å². The van der Waals surface area contributed by atoms with Gasteiger partial charge in [-0.25, -0.2) is 0 Å². The number of hydrogen-bond donors (Lipinski definition) is 1. The van der Waals surface area contributed by atoms with Gasteiger partial charge >= 0.3 is 0 Å². The molecule has 1 aliphatic carbocycles. The van der Waals surface area contributed by atoms with Crippen LogP contribution in [0.4, 0.5) is 0 Å². The van der Waals surface area contributed by atoms with Crippen LogP contribution in [0.5, 0.6) is 0 Å². The fourth-order valence-electron chi connectivity index (χ4n) is 4.73. The summed E-state index contributed by atoms with van der Waals surface area (Å²) in [5.41, 5.74) is 2.38. The molecule has 1 aromatic rings. The van der Waals surface area contributed by atoms with Crippen molar-refractivity contribution in [2.45, 2.75) is 71.4 Å². The van der Waals surface area contributed by atoms with Crippen LogP contribution in [0.2, 0.25) is 0 Å². The highest BCUT2D eigenvalue weighted by Gasteiger charge is 2.33. The SMILES string of the molecule is Cc1ccc([C@H](C(=O)NC2CCCCC2)N2C[C@H](C)C[C@@H](C)C2)cc1. The van der Waals surface area contributed by atoms with Crippen LogP contribution < -0.4 is 5.32 Å². The zero-order valence-corrected chi connectivity index (χ0v) is 16.1. The molecule has 1 amide bonds. The van der Waals surface area contributed by atoms with Crippen molar-refractivity contribution in [2.24, 2.45) is 11.8 Å². The van der Waals surface area contributed by atoms with Gasteiger partial charge in [-0.3, -0.25) is 9.69 Å². The van der Waals surface area contributed by atoms with Gasteiger partial charge in [0.15, 0.2) is 0 Å². The molecule has 1 N–H and O–H groups in total. The minimum absolute atomic E-state index is 0.146. The molecule has 2 aliphatic rings. The van der Waals surface area contributed by atoms with E-state index in [0.717, 1.165) is 31.5 Å². The third-order valence-electron chi connectivity index (χ3n) is 5.86. The highest BCUT2D eigenvalue weighted by atomic mass is 16.2. The van der Waals surface area contributed by atoms with E-state index in [4.69, 9.17) is 0 Å². The molecule has 3 nitrogen and oxygen atoms in total. The number of hydrogen-bond acceptors (Lipinski definition) is 2. The molecule has 1 saturated heterocycles. The van der Waals surface area contributed by atoms with Crippen molar-refractivity contribution >= 4 is 5.91 Å². The molecule has 3 rings (SSSR count). The molecule has 1 aromatic carbocycles. The second-order valence-corrected chi connectivity index (χ2v) is 8.56. The summed E-state index contributed by atoms with van der Waals surface area (Å²) in [5, 5.41) is 3.38. The number of likely N-dealkylation sites (tertiary alicyclic amines) is 1. The Balaban J connectivity index is 1.80. The lowest BCUT2D eigenvalue weighted by Crippen LogP contribution is -2.49. The van der Waals surface area contributed by atoms with Crippen LogP contribution in [0.25, 0.3) is 0 Å². The Morgan fingerprint density at radius 3 is 2.24 bits per heavy atom. The fourth-order valence-corrected chi connectivity index (χ4v) is 4.73. The lowest BCUT2D eigenvalue weighted by Gasteiger charge is -2.40. The standard InChI is InChI=1S/C22H34N2O/c1-16-9-11-19(12-10-16)21(24-14-17(2)13-18(3)15-24)22(25)23-20-7-5-4-6-8-20/h9-12,17-18,20-21H,4-8,13-15H2,1-3H3,(H,23,25)/t17-,18-,21-/m1/s1. The van der Waals surface area contributed by atoms with Crippen molar-refractivity contribution in [3.05, 3.63) is 35.4 Å². The summed E-state index contributed by atoms with van der Waals surface area (Å²) >= 11 is 0. The molecule has 0 aromatic heterocycles. The van der Waals surface area contributed by atoms with E-state index in [-0.39, 0.29) is 11.9 Å². The van der Waals surface area contributed by atoms with Gasteiger partial charge in [-0.15, -0.1) is 0 Å². The molecule has 0 radical (unpaired) electrons. The first kappa shape index (κ1) is 18.4. The number of carbonyl (C=O) groups excluding carboxylic acids is 1. The summed E-state index contributed by atoms with van der Waals surface area (Å²) in [6.07, 6.45) is 7.35. The lowest BCUT2D eigenvalue weighted by atomic mass is 9.89. The van der Waals surface area contributed by atoms with Gasteiger partial charge in [-0.05, 0) is 43.6 Å². The zero-order valence-electron chi connectivity index (χ0n) is 16.1. The molecule has 138 valence electrons. The van der Waals surface area contributed by atoms with Crippen molar-refractivity contribution in [3.63, 3.8) is 0 Å². The van der Waals surface area contributed by atoms with E-state index in [9.17, 15) is 4.79 Å². The van der Waals surface area contributed by atoms with E-state index < -0.39 is 0 Å². The molecule has 1 heterocycles. The molecule has 3 heteroatoms. The molecule has 0 bridgehead atoms. The number of nitrogens with zero attached hydrogens (tertiary/aromatic N) is 1. The third-order valence-corrected chi connectivity index (χ3v) is 5.86. The van der Waals surface area contributed by atoms with Crippen LogP contribution in [-0.4, -0.2) is 29.9 Å². The first-order valence-electron chi connectivity index (χ1n) is 10.1. The first-order chi connectivity index (χ1) is 12.0. The monoisotopic (exact) mass is 342 g/mol. The Bertz CT molecular complexity index is 552. The fraction of sp³-hybridized carbons (Fsp3) is 0.682. The molecule has 25 heavy (non-hydrogen) atoms. The Labute approximate surface area is 153 Å². The minimum atomic E-state index is -0.146. The Kier molecular flexibility index (Phi) is 6.16. The summed E-state index contributed by atoms with van der Waals surface area (Å²) in [7, 11) is 0. The van der Waals surface area contributed by atoms with Crippen LogP contribution in [0.15, 0.2) is 24.3 Å². The predicted octanol–water partition coefficient (Wildman–Crippen LogP) is 4.46. The van der Waals surface area contributed by atoms with E-state index in [1.807, 2.05) is 0 Å². The van der Waals surface area contributed by atoms with Crippen molar-refractivity contribution in [3.8, 4) is 0 Å². The first-order valence-corrected chi connectivity index (χ1v) is 10.1. The van der Waals surface area contributed by atoms with Gasteiger partial charge in [0.25, 0.3) is 0 Å². The quantitative estimate of drug-likeness (QED) is 0.876. The van der Waals surface area contributed by atoms with Crippen LogP contribution in [-0.2, 0) is 4.79 Å². The molecular formula is C22H34N2O. The van der Waals surface area contributed by atoms with Crippen LogP contribution >= 0.6 is 0 Å². The number of amides is 1. The average molecular weight is 343 g/mol. The molecular weight excluding hydrogens is 308 g/mol. The summed E-state index contributed by atoms with van der Waals surface area (Å²) in [4.78, 5) is 15.7. The maximum atomic E-state index is 13.3. The Hall–Kier alpha value is -1.35. The van der Waals surface area contributed by atoms with Crippen molar-refractivity contribution in [1.82, 2.24) is 10.2 Å². The van der Waals surface area contributed by atoms with E-state index in [1.54, 1.807) is 0 Å². The zero-order chi connectivity index (χ0) is 17.8. The summed E-state index contributed by atoms with van der Waals surface area (Å²) in [6.45, 7) is 8.76. The van der Waals surface area contributed by atoms with Gasteiger partial charge in [0.05, 0.1) is 0 Å². The number of carbonyl (C=O) groups is 1. The van der Waals surface area contributed by atoms with Gasteiger partial charge in [-0.1, -0.05) is 62.9 Å². The highest BCUT2D eigenvalue weighted by Crippen LogP contribution is 2.30. The van der Waals surface area contributed by atoms with Crippen molar-refractivity contribution < 1.29 is 4.79 Å². The van der Waals surface area contributed by atoms with Crippen LogP contribution in [0.3, 0.4) is 0 Å². The maximum Gasteiger partial charge on any atom is 0.242 e. The summed E-state index contributed by atoms with van der Waals surface area (Å²) in [5.74, 6) is 1.51. The molecule has 2 fully saturated rings. The van der Waals surface area contributed by atoms with Gasteiger partial charge in [0.1, 0.15) is 6.04 Å². The number of rotatable bonds is 4. The molecule has 0 spiro atoms. The molecule has 1 aliphatic heterocycles.